The molecule has 0 aromatic heterocycles. The summed E-state index contributed by atoms with van der Waals surface area (Å²) in [5, 5.41) is 23.4. The standard InChI is InChI=1S/C24H33N5/c25-14-6-10-22(26)21-17-18-7-4-5-11-23(18)28-24(21)29-15-12-20(13-16-29)27-19-8-2-1-3-9-19/h4-7,10-11,14,17,19-20,24-28H,1-3,8-9,12-13,15-16H2/b10-6-,25-14?,26-22?. The molecule has 5 nitrogen and oxygen atoms in total. The van der Waals surface area contributed by atoms with E-state index in [4.69, 9.17) is 10.8 Å². The predicted octanol–water partition coefficient (Wildman–Crippen LogP) is 4.43. The molecule has 1 saturated carbocycles. The molecule has 2 aliphatic heterocycles. The van der Waals surface area contributed by atoms with Crippen molar-refractivity contribution in [3.63, 3.8) is 0 Å². The lowest BCUT2D eigenvalue weighted by Gasteiger charge is -2.42. The molecule has 1 aliphatic carbocycles. The van der Waals surface area contributed by atoms with Gasteiger partial charge in [-0.15, -0.1) is 0 Å². The Kier molecular flexibility index (Phi) is 6.57. The maximum atomic E-state index is 8.55. The molecule has 4 rings (SSSR count). The van der Waals surface area contributed by atoms with Crippen molar-refractivity contribution in [3.8, 4) is 0 Å². The Morgan fingerprint density at radius 2 is 1.76 bits per heavy atom. The number of nitrogens with one attached hydrogen (secondary N) is 4. The van der Waals surface area contributed by atoms with Crippen LogP contribution in [0.4, 0.5) is 5.69 Å². The van der Waals surface area contributed by atoms with Gasteiger partial charge in [-0.05, 0) is 55.5 Å². The van der Waals surface area contributed by atoms with E-state index in [1.54, 1.807) is 12.2 Å². The second-order valence-electron chi connectivity index (χ2n) is 8.49. The smallest absolute Gasteiger partial charge is 0.108 e. The van der Waals surface area contributed by atoms with Crippen molar-refractivity contribution in [2.45, 2.75) is 63.2 Å². The van der Waals surface area contributed by atoms with Crippen LogP contribution in [0.1, 0.15) is 50.5 Å². The summed E-state index contributed by atoms with van der Waals surface area (Å²) in [6.07, 6.45) is 15.9. The Morgan fingerprint density at radius 3 is 2.52 bits per heavy atom. The van der Waals surface area contributed by atoms with Crippen molar-refractivity contribution in [2.75, 3.05) is 18.4 Å². The second-order valence-corrected chi connectivity index (χ2v) is 8.49. The maximum absolute atomic E-state index is 8.55. The highest BCUT2D eigenvalue weighted by molar-refractivity contribution is 6.12. The number of anilines is 1. The minimum atomic E-state index is 0.0171. The second kappa shape index (κ2) is 9.51. The van der Waals surface area contributed by atoms with Gasteiger partial charge in [0.25, 0.3) is 0 Å². The number of nitrogens with zero attached hydrogens (tertiary/aromatic N) is 1. The quantitative estimate of drug-likeness (QED) is 0.542. The van der Waals surface area contributed by atoms with Gasteiger partial charge in [0.2, 0.25) is 0 Å². The van der Waals surface area contributed by atoms with Gasteiger partial charge in [-0.25, -0.2) is 0 Å². The molecule has 1 aromatic carbocycles. The van der Waals surface area contributed by atoms with Crippen molar-refractivity contribution in [1.29, 1.82) is 10.8 Å². The average Bonchev–Trinajstić information content (AvgIpc) is 2.78. The molecule has 4 N–H and O–H groups in total. The zero-order valence-electron chi connectivity index (χ0n) is 17.2. The summed E-state index contributed by atoms with van der Waals surface area (Å²) < 4.78 is 0. The third-order valence-electron chi connectivity index (χ3n) is 6.50. The monoisotopic (exact) mass is 391 g/mol. The zero-order valence-corrected chi connectivity index (χ0v) is 17.2. The van der Waals surface area contributed by atoms with Crippen LogP contribution < -0.4 is 10.6 Å². The number of piperidine rings is 1. The van der Waals surface area contributed by atoms with Crippen LogP contribution in [0.3, 0.4) is 0 Å². The third kappa shape index (κ3) is 4.85. The van der Waals surface area contributed by atoms with Crippen LogP contribution in [0.2, 0.25) is 0 Å². The van der Waals surface area contributed by atoms with E-state index in [2.05, 4.69) is 39.8 Å². The predicted molar refractivity (Wildman–Crippen MR) is 122 cm³/mol. The van der Waals surface area contributed by atoms with E-state index >= 15 is 0 Å². The summed E-state index contributed by atoms with van der Waals surface area (Å²) in [6, 6.07) is 9.64. The van der Waals surface area contributed by atoms with Crippen LogP contribution in [0, 0.1) is 10.8 Å². The average molecular weight is 392 g/mol. The Labute approximate surface area is 174 Å². The number of para-hydroxylation sites is 1. The van der Waals surface area contributed by atoms with Gasteiger partial charge in [-0.3, -0.25) is 4.90 Å². The number of rotatable bonds is 6. The summed E-state index contributed by atoms with van der Waals surface area (Å²) >= 11 is 0. The number of hydrogen-bond donors (Lipinski definition) is 4. The van der Waals surface area contributed by atoms with Crippen molar-refractivity contribution < 1.29 is 0 Å². The summed E-state index contributed by atoms with van der Waals surface area (Å²) in [7, 11) is 0. The third-order valence-corrected chi connectivity index (χ3v) is 6.50. The van der Waals surface area contributed by atoms with Gasteiger partial charge < -0.3 is 21.5 Å². The molecule has 29 heavy (non-hydrogen) atoms. The summed E-state index contributed by atoms with van der Waals surface area (Å²) in [4.78, 5) is 2.48. The number of fused-ring (bicyclic) bond motifs is 1. The molecule has 154 valence electrons. The van der Waals surface area contributed by atoms with E-state index in [1.165, 1.54) is 38.3 Å². The van der Waals surface area contributed by atoms with Crippen molar-refractivity contribution in [2.24, 2.45) is 0 Å². The first kappa shape index (κ1) is 20.0. The van der Waals surface area contributed by atoms with Crippen LogP contribution in [0.15, 0.2) is 42.0 Å². The maximum Gasteiger partial charge on any atom is 0.108 e. The zero-order chi connectivity index (χ0) is 20.1. The minimum absolute atomic E-state index is 0.0171. The number of allylic oxidation sites excluding steroid dienone is 2. The lowest BCUT2D eigenvalue weighted by molar-refractivity contribution is 0.165. The molecule has 1 aromatic rings. The molecular weight excluding hydrogens is 358 g/mol. The van der Waals surface area contributed by atoms with E-state index in [1.807, 2.05) is 6.07 Å². The van der Waals surface area contributed by atoms with E-state index in [0.717, 1.165) is 48.8 Å². The molecule has 3 aliphatic rings. The molecule has 1 saturated heterocycles. The Morgan fingerprint density at radius 1 is 1.03 bits per heavy atom. The highest BCUT2D eigenvalue weighted by Crippen LogP contribution is 2.31. The SMILES string of the molecule is N=C/C=C\C(=N)C1=Cc2ccccc2NC1N1CCC(NC2CCCCC2)CC1. The molecule has 0 amide bonds. The highest BCUT2D eigenvalue weighted by Gasteiger charge is 2.31. The van der Waals surface area contributed by atoms with Gasteiger partial charge in [-0.2, -0.15) is 0 Å². The summed E-state index contributed by atoms with van der Waals surface area (Å²) in [5.74, 6) is 0. The van der Waals surface area contributed by atoms with E-state index in [9.17, 15) is 0 Å². The normalized spacial score (nSPS) is 24.0. The fourth-order valence-electron chi connectivity index (χ4n) is 4.91. The largest absolute Gasteiger partial charge is 0.365 e. The number of hydrogen-bond acceptors (Lipinski definition) is 5. The van der Waals surface area contributed by atoms with Gasteiger partial charge >= 0.3 is 0 Å². The van der Waals surface area contributed by atoms with E-state index < -0.39 is 0 Å². The van der Waals surface area contributed by atoms with Crippen molar-refractivity contribution >= 4 is 23.7 Å². The van der Waals surface area contributed by atoms with Crippen molar-refractivity contribution in [1.82, 2.24) is 10.2 Å². The number of benzene rings is 1. The Hall–Kier alpha value is -2.24. The van der Waals surface area contributed by atoms with Gasteiger partial charge in [0, 0.05) is 42.6 Å². The van der Waals surface area contributed by atoms with E-state index in [-0.39, 0.29) is 6.17 Å². The Bertz CT molecular complexity index is 782. The first-order valence-electron chi connectivity index (χ1n) is 11.1. The van der Waals surface area contributed by atoms with Gasteiger partial charge in [-0.1, -0.05) is 37.5 Å². The van der Waals surface area contributed by atoms with Crippen LogP contribution in [0.25, 0.3) is 6.08 Å². The molecule has 0 radical (unpaired) electrons. The molecule has 0 bridgehead atoms. The molecule has 1 atom stereocenters. The molecule has 0 spiro atoms. The summed E-state index contributed by atoms with van der Waals surface area (Å²) in [6.45, 7) is 2.06. The molecule has 2 fully saturated rings. The van der Waals surface area contributed by atoms with E-state index in [0.29, 0.717) is 11.8 Å². The lowest BCUT2D eigenvalue weighted by Crippen LogP contribution is -2.52. The first-order chi connectivity index (χ1) is 14.2. The topological polar surface area (TPSA) is 75.0 Å². The first-order valence-corrected chi connectivity index (χ1v) is 11.1. The fourth-order valence-corrected chi connectivity index (χ4v) is 4.91. The van der Waals surface area contributed by atoms with Crippen molar-refractivity contribution in [3.05, 3.63) is 47.6 Å². The minimum Gasteiger partial charge on any atom is -0.365 e. The highest BCUT2D eigenvalue weighted by atomic mass is 15.3. The van der Waals surface area contributed by atoms with Crippen LogP contribution in [-0.4, -0.2) is 48.2 Å². The summed E-state index contributed by atoms with van der Waals surface area (Å²) in [5.41, 5.74) is 3.72. The molecule has 1 unspecified atom stereocenters. The van der Waals surface area contributed by atoms with Gasteiger partial charge in [0.05, 0.1) is 5.71 Å². The van der Waals surface area contributed by atoms with Crippen LogP contribution >= 0.6 is 0 Å². The van der Waals surface area contributed by atoms with Crippen LogP contribution in [-0.2, 0) is 0 Å². The lowest BCUT2D eigenvalue weighted by atomic mass is 9.92. The molecule has 5 heteroatoms. The number of likely N-dealkylation sites (tertiary alicyclic amines) is 1. The fraction of sp³-hybridized carbons (Fsp3) is 0.500. The van der Waals surface area contributed by atoms with Crippen LogP contribution in [0.5, 0.6) is 0 Å². The molecular formula is C24H33N5. The van der Waals surface area contributed by atoms with Gasteiger partial charge in [0.1, 0.15) is 6.17 Å². The van der Waals surface area contributed by atoms with Gasteiger partial charge in [0.15, 0.2) is 0 Å². The molecule has 2 heterocycles. The Balaban J connectivity index is 1.44.